The molecular formula is C19H18FN3O. The maximum absolute atomic E-state index is 13.5. The molecule has 3 rings (SSSR count). The number of carbonyl (C=O) groups excluding carboxylic acids is 1. The van der Waals surface area contributed by atoms with Gasteiger partial charge >= 0.3 is 6.03 Å². The standard InChI is InChI=1S/C19H18FN3O/c20-17-10-4-5-11-18(17)22-19(24)21-13-16-9-6-12-23(16)14-15-7-2-1-3-8-15/h1-12H,13-14H2,(H2,21,22,24). The number of amides is 2. The summed E-state index contributed by atoms with van der Waals surface area (Å²) in [6.07, 6.45) is 1.97. The lowest BCUT2D eigenvalue weighted by molar-refractivity contribution is 0.251. The van der Waals surface area contributed by atoms with Crippen molar-refractivity contribution in [3.05, 3.63) is 90.0 Å². The van der Waals surface area contributed by atoms with Gasteiger partial charge < -0.3 is 15.2 Å². The molecule has 122 valence electrons. The van der Waals surface area contributed by atoms with Crippen LogP contribution in [-0.4, -0.2) is 10.6 Å². The van der Waals surface area contributed by atoms with E-state index in [1.165, 1.54) is 17.7 Å². The van der Waals surface area contributed by atoms with Crippen molar-refractivity contribution in [2.45, 2.75) is 13.1 Å². The molecule has 0 saturated heterocycles. The maximum Gasteiger partial charge on any atom is 0.319 e. The highest BCUT2D eigenvalue weighted by Gasteiger charge is 2.07. The Labute approximate surface area is 139 Å². The van der Waals surface area contributed by atoms with Crippen molar-refractivity contribution in [2.24, 2.45) is 0 Å². The Bertz CT molecular complexity index is 814. The third-order valence-electron chi connectivity index (χ3n) is 3.67. The maximum atomic E-state index is 13.5. The molecule has 0 fully saturated rings. The number of hydrogen-bond acceptors (Lipinski definition) is 1. The topological polar surface area (TPSA) is 46.1 Å². The lowest BCUT2D eigenvalue weighted by atomic mass is 10.2. The van der Waals surface area contributed by atoms with Crippen LogP contribution in [0.4, 0.5) is 14.9 Å². The molecule has 0 bridgehead atoms. The summed E-state index contributed by atoms with van der Waals surface area (Å²) in [6, 6.07) is 19.6. The summed E-state index contributed by atoms with van der Waals surface area (Å²) in [5, 5.41) is 5.26. The van der Waals surface area contributed by atoms with Gasteiger partial charge in [-0.2, -0.15) is 0 Å². The number of hydrogen-bond donors (Lipinski definition) is 2. The van der Waals surface area contributed by atoms with Gasteiger partial charge in [-0.15, -0.1) is 0 Å². The summed E-state index contributed by atoms with van der Waals surface area (Å²) in [5.74, 6) is -0.458. The zero-order valence-corrected chi connectivity index (χ0v) is 13.1. The average Bonchev–Trinajstić information content (AvgIpc) is 3.03. The van der Waals surface area contributed by atoms with Gasteiger partial charge in [0.05, 0.1) is 12.2 Å². The van der Waals surface area contributed by atoms with Gasteiger partial charge in [0.25, 0.3) is 0 Å². The summed E-state index contributed by atoms with van der Waals surface area (Å²) in [7, 11) is 0. The van der Waals surface area contributed by atoms with Crippen LogP contribution >= 0.6 is 0 Å². The molecule has 3 aromatic rings. The summed E-state index contributed by atoms with van der Waals surface area (Å²) in [4.78, 5) is 11.9. The molecule has 2 amide bonds. The van der Waals surface area contributed by atoms with Crippen LogP contribution in [0.5, 0.6) is 0 Å². The van der Waals surface area contributed by atoms with Crippen LogP contribution in [0.2, 0.25) is 0 Å². The van der Waals surface area contributed by atoms with E-state index in [-0.39, 0.29) is 5.69 Å². The van der Waals surface area contributed by atoms with Crippen LogP contribution in [0.1, 0.15) is 11.3 Å². The molecule has 0 saturated carbocycles. The number of para-hydroxylation sites is 1. The predicted molar refractivity (Wildman–Crippen MR) is 92.2 cm³/mol. The summed E-state index contributed by atoms with van der Waals surface area (Å²) in [6.45, 7) is 1.10. The van der Waals surface area contributed by atoms with E-state index in [1.54, 1.807) is 12.1 Å². The van der Waals surface area contributed by atoms with Gasteiger partial charge in [-0.1, -0.05) is 42.5 Å². The van der Waals surface area contributed by atoms with Gasteiger partial charge in [0, 0.05) is 18.4 Å². The fraction of sp³-hybridized carbons (Fsp3) is 0.105. The van der Waals surface area contributed by atoms with Gasteiger partial charge in [-0.05, 0) is 29.8 Å². The number of carbonyl (C=O) groups is 1. The first-order valence-corrected chi connectivity index (χ1v) is 7.70. The Kier molecular flexibility index (Phi) is 4.91. The molecule has 24 heavy (non-hydrogen) atoms. The number of anilines is 1. The Morgan fingerprint density at radius 3 is 2.50 bits per heavy atom. The lowest BCUT2D eigenvalue weighted by Crippen LogP contribution is -2.29. The van der Waals surface area contributed by atoms with Crippen molar-refractivity contribution in [3.8, 4) is 0 Å². The number of benzene rings is 2. The molecule has 0 atom stereocenters. The van der Waals surface area contributed by atoms with Crippen LogP contribution in [0.3, 0.4) is 0 Å². The van der Waals surface area contributed by atoms with Crippen molar-refractivity contribution in [2.75, 3.05) is 5.32 Å². The number of nitrogens with zero attached hydrogens (tertiary/aromatic N) is 1. The summed E-state index contributed by atoms with van der Waals surface area (Å²) >= 11 is 0. The summed E-state index contributed by atoms with van der Waals surface area (Å²) in [5.41, 5.74) is 2.32. The first-order valence-electron chi connectivity index (χ1n) is 7.70. The third kappa shape index (κ3) is 4.01. The van der Waals surface area contributed by atoms with Crippen molar-refractivity contribution in [1.82, 2.24) is 9.88 Å². The van der Waals surface area contributed by atoms with Crippen molar-refractivity contribution < 1.29 is 9.18 Å². The Morgan fingerprint density at radius 2 is 1.71 bits per heavy atom. The molecule has 2 aromatic carbocycles. The predicted octanol–water partition coefficient (Wildman–Crippen LogP) is 4.00. The molecule has 1 heterocycles. The molecule has 0 aliphatic carbocycles. The van der Waals surface area contributed by atoms with Crippen molar-refractivity contribution >= 4 is 11.7 Å². The Morgan fingerprint density at radius 1 is 0.958 bits per heavy atom. The first-order chi connectivity index (χ1) is 11.7. The van der Waals surface area contributed by atoms with E-state index in [9.17, 15) is 9.18 Å². The van der Waals surface area contributed by atoms with E-state index in [0.717, 1.165) is 12.2 Å². The number of rotatable bonds is 5. The minimum atomic E-state index is -0.458. The molecule has 4 nitrogen and oxygen atoms in total. The number of halogens is 1. The Hall–Kier alpha value is -3.08. The molecule has 0 aliphatic heterocycles. The quantitative estimate of drug-likeness (QED) is 0.732. The second kappa shape index (κ2) is 7.46. The average molecular weight is 323 g/mol. The van der Waals surface area contributed by atoms with Crippen LogP contribution in [-0.2, 0) is 13.1 Å². The van der Waals surface area contributed by atoms with Crippen LogP contribution in [0, 0.1) is 5.82 Å². The van der Waals surface area contributed by atoms with E-state index < -0.39 is 11.8 Å². The summed E-state index contributed by atoms with van der Waals surface area (Å²) < 4.78 is 15.6. The monoisotopic (exact) mass is 323 g/mol. The van der Waals surface area contributed by atoms with E-state index in [4.69, 9.17) is 0 Å². The zero-order chi connectivity index (χ0) is 16.8. The molecule has 0 radical (unpaired) electrons. The van der Waals surface area contributed by atoms with Gasteiger partial charge in [0.2, 0.25) is 0 Å². The molecular weight excluding hydrogens is 305 g/mol. The highest BCUT2D eigenvalue weighted by molar-refractivity contribution is 5.89. The van der Waals surface area contributed by atoms with E-state index in [2.05, 4.69) is 27.3 Å². The smallest absolute Gasteiger partial charge is 0.319 e. The third-order valence-corrected chi connectivity index (χ3v) is 3.67. The Balaban J connectivity index is 1.58. The molecule has 0 aliphatic rings. The van der Waals surface area contributed by atoms with Gasteiger partial charge in [0.1, 0.15) is 5.82 Å². The highest BCUT2D eigenvalue weighted by atomic mass is 19.1. The molecule has 0 unspecified atom stereocenters. The normalized spacial score (nSPS) is 10.4. The van der Waals surface area contributed by atoms with Gasteiger partial charge in [-0.3, -0.25) is 0 Å². The van der Waals surface area contributed by atoms with E-state index in [0.29, 0.717) is 6.54 Å². The van der Waals surface area contributed by atoms with Crippen molar-refractivity contribution in [1.29, 1.82) is 0 Å². The number of aromatic nitrogens is 1. The van der Waals surface area contributed by atoms with Crippen LogP contribution < -0.4 is 10.6 Å². The van der Waals surface area contributed by atoms with Gasteiger partial charge in [0.15, 0.2) is 0 Å². The SMILES string of the molecule is O=C(NCc1cccn1Cc1ccccc1)Nc1ccccc1F. The fourth-order valence-corrected chi connectivity index (χ4v) is 2.44. The number of nitrogens with one attached hydrogen (secondary N) is 2. The molecule has 2 N–H and O–H groups in total. The van der Waals surface area contributed by atoms with Crippen molar-refractivity contribution in [3.63, 3.8) is 0 Å². The number of urea groups is 1. The lowest BCUT2D eigenvalue weighted by Gasteiger charge is -2.11. The second-order valence-corrected chi connectivity index (χ2v) is 5.40. The molecule has 1 aromatic heterocycles. The van der Waals surface area contributed by atoms with E-state index >= 15 is 0 Å². The zero-order valence-electron chi connectivity index (χ0n) is 13.1. The largest absolute Gasteiger partial charge is 0.345 e. The molecule has 0 spiro atoms. The molecule has 5 heteroatoms. The fourth-order valence-electron chi connectivity index (χ4n) is 2.44. The van der Waals surface area contributed by atoms with E-state index in [1.807, 2.05) is 36.5 Å². The minimum absolute atomic E-state index is 0.162. The highest BCUT2D eigenvalue weighted by Crippen LogP contribution is 2.12. The van der Waals surface area contributed by atoms with Crippen LogP contribution in [0.25, 0.3) is 0 Å². The minimum Gasteiger partial charge on any atom is -0.345 e. The van der Waals surface area contributed by atoms with Crippen LogP contribution in [0.15, 0.2) is 72.9 Å². The second-order valence-electron chi connectivity index (χ2n) is 5.40. The first kappa shape index (κ1) is 15.8. The van der Waals surface area contributed by atoms with Gasteiger partial charge in [-0.25, -0.2) is 9.18 Å².